The van der Waals surface area contributed by atoms with Crippen LogP contribution in [0.4, 0.5) is 0 Å². The summed E-state index contributed by atoms with van der Waals surface area (Å²) in [6, 6.07) is 0. The smallest absolute Gasteiger partial charge is 0.108 e. The summed E-state index contributed by atoms with van der Waals surface area (Å²) >= 11 is 2.21. The van der Waals surface area contributed by atoms with Gasteiger partial charge in [-0.25, -0.2) is 0 Å². The van der Waals surface area contributed by atoms with Gasteiger partial charge in [0.2, 0.25) is 0 Å². The second-order valence-corrected chi connectivity index (χ2v) is 14.7. The first-order chi connectivity index (χ1) is 7.56. The Hall–Kier alpha value is 0.237. The van der Waals surface area contributed by atoms with Crippen molar-refractivity contribution in [3.8, 4) is 0 Å². The molecule has 0 aliphatic carbocycles. The Morgan fingerprint density at radius 3 is 2.44 bits per heavy atom. The summed E-state index contributed by atoms with van der Waals surface area (Å²) in [5.41, 5.74) is 0. The maximum atomic E-state index is 4.43. The van der Waals surface area contributed by atoms with Gasteiger partial charge in [0.05, 0.1) is 0 Å². The van der Waals surface area contributed by atoms with E-state index >= 15 is 0 Å². The van der Waals surface area contributed by atoms with Crippen LogP contribution in [-0.4, -0.2) is 25.7 Å². The lowest BCUT2D eigenvalue weighted by Crippen LogP contribution is -2.14. The lowest BCUT2D eigenvalue weighted by Gasteiger charge is -2.14. The zero-order chi connectivity index (χ0) is 12.3. The van der Waals surface area contributed by atoms with E-state index in [2.05, 4.69) is 49.0 Å². The topological polar surface area (TPSA) is 12.4 Å². The predicted octanol–water partition coefficient (Wildman–Crippen LogP) is 4.99. The average molecular weight is 260 g/mol. The third kappa shape index (κ3) is 14.2. The van der Waals surface area contributed by atoms with Gasteiger partial charge in [-0.2, -0.15) is 11.2 Å². The SMILES string of the molecule is CCCC/C=N/CCCCCS[Si](C)(C)C. The van der Waals surface area contributed by atoms with E-state index in [0.29, 0.717) is 0 Å². The summed E-state index contributed by atoms with van der Waals surface area (Å²) in [5.74, 6) is 1.36. The lowest BCUT2D eigenvalue weighted by molar-refractivity contribution is 0.732. The highest BCUT2D eigenvalue weighted by Gasteiger charge is 2.12. The van der Waals surface area contributed by atoms with Crippen molar-refractivity contribution < 1.29 is 0 Å². The third-order valence-electron chi connectivity index (χ3n) is 2.28. The Kier molecular flexibility index (Phi) is 10.5. The van der Waals surface area contributed by atoms with E-state index in [1.807, 2.05) is 0 Å². The van der Waals surface area contributed by atoms with Crippen LogP contribution in [0.1, 0.15) is 45.4 Å². The monoisotopic (exact) mass is 259 g/mol. The molecule has 0 aliphatic heterocycles. The first-order valence-corrected chi connectivity index (χ1v) is 11.9. The largest absolute Gasteiger partial charge is 0.298 e. The minimum atomic E-state index is -0.861. The van der Waals surface area contributed by atoms with Gasteiger partial charge in [-0.1, -0.05) is 39.4 Å². The van der Waals surface area contributed by atoms with Crippen molar-refractivity contribution in [2.75, 3.05) is 12.3 Å². The fraction of sp³-hybridized carbons (Fsp3) is 0.923. The highest BCUT2D eigenvalue weighted by molar-refractivity contribution is 8.28. The summed E-state index contributed by atoms with van der Waals surface area (Å²) in [5, 5.41) is 0. The molecule has 0 amide bonds. The van der Waals surface area contributed by atoms with Crippen molar-refractivity contribution in [2.45, 2.75) is 65.1 Å². The van der Waals surface area contributed by atoms with Gasteiger partial charge in [0.25, 0.3) is 0 Å². The molecule has 0 heterocycles. The summed E-state index contributed by atoms with van der Waals surface area (Å²) in [7, 11) is -0.861. The molecular formula is C13H29NSSi. The van der Waals surface area contributed by atoms with E-state index in [9.17, 15) is 0 Å². The van der Waals surface area contributed by atoms with Crippen LogP contribution < -0.4 is 0 Å². The van der Waals surface area contributed by atoms with Gasteiger partial charge in [-0.15, -0.1) is 0 Å². The van der Waals surface area contributed by atoms with Gasteiger partial charge in [0.15, 0.2) is 0 Å². The van der Waals surface area contributed by atoms with Crippen LogP contribution in [0, 0.1) is 0 Å². The predicted molar refractivity (Wildman–Crippen MR) is 82.5 cm³/mol. The molecule has 0 rings (SSSR count). The minimum absolute atomic E-state index is 0.861. The van der Waals surface area contributed by atoms with E-state index < -0.39 is 7.22 Å². The normalized spacial score (nSPS) is 12.5. The first-order valence-electron chi connectivity index (χ1n) is 6.68. The number of rotatable bonds is 10. The standard InChI is InChI=1S/C13H29NSSi/c1-5-6-8-11-14-12-9-7-10-13-15-16(2,3)4/h11H,5-10,12-13H2,1-4H3/b14-11+. The van der Waals surface area contributed by atoms with Crippen LogP contribution >= 0.6 is 11.2 Å². The summed E-state index contributed by atoms with van der Waals surface area (Å²) in [6.07, 6.45) is 9.84. The Bertz CT molecular complexity index is 175. The van der Waals surface area contributed by atoms with Crippen molar-refractivity contribution in [3.63, 3.8) is 0 Å². The molecule has 1 nitrogen and oxygen atoms in total. The van der Waals surface area contributed by atoms with Gasteiger partial charge >= 0.3 is 0 Å². The fourth-order valence-electron chi connectivity index (χ4n) is 1.34. The highest BCUT2D eigenvalue weighted by Crippen LogP contribution is 2.20. The van der Waals surface area contributed by atoms with Crippen LogP contribution in [0.3, 0.4) is 0 Å². The molecule has 0 aliphatic rings. The van der Waals surface area contributed by atoms with Crippen molar-refractivity contribution in [1.82, 2.24) is 0 Å². The van der Waals surface area contributed by atoms with Gasteiger partial charge in [-0.05, 0) is 37.7 Å². The molecule has 0 N–H and O–H groups in total. The van der Waals surface area contributed by atoms with E-state index in [1.54, 1.807) is 0 Å². The molecule has 96 valence electrons. The second-order valence-electron chi connectivity index (χ2n) is 5.25. The van der Waals surface area contributed by atoms with Crippen molar-refractivity contribution in [2.24, 2.45) is 4.99 Å². The molecule has 0 saturated heterocycles. The molecule has 0 saturated carbocycles. The molecule has 0 aromatic carbocycles. The Labute approximate surface area is 107 Å². The van der Waals surface area contributed by atoms with Crippen LogP contribution in [0.2, 0.25) is 19.6 Å². The summed E-state index contributed by atoms with van der Waals surface area (Å²) in [4.78, 5) is 4.43. The number of hydrogen-bond acceptors (Lipinski definition) is 2. The Morgan fingerprint density at radius 1 is 1.06 bits per heavy atom. The van der Waals surface area contributed by atoms with Gasteiger partial charge in [0, 0.05) is 6.54 Å². The van der Waals surface area contributed by atoms with Crippen molar-refractivity contribution in [1.29, 1.82) is 0 Å². The molecule has 0 bridgehead atoms. The molecule has 0 radical (unpaired) electrons. The lowest BCUT2D eigenvalue weighted by atomic mass is 10.2. The van der Waals surface area contributed by atoms with E-state index in [0.717, 1.165) is 6.54 Å². The van der Waals surface area contributed by atoms with Crippen LogP contribution in [-0.2, 0) is 0 Å². The van der Waals surface area contributed by atoms with Crippen LogP contribution in [0.15, 0.2) is 4.99 Å². The molecule has 0 fully saturated rings. The summed E-state index contributed by atoms with van der Waals surface area (Å²) in [6.45, 7) is 10.5. The molecule has 0 atom stereocenters. The molecule has 3 heteroatoms. The molecule has 0 unspecified atom stereocenters. The number of hydrogen-bond donors (Lipinski definition) is 0. The maximum Gasteiger partial charge on any atom is 0.108 e. The fourth-order valence-corrected chi connectivity index (χ4v) is 4.57. The Balaban J connectivity index is 3.13. The van der Waals surface area contributed by atoms with Gasteiger partial charge in [-0.3, -0.25) is 4.99 Å². The number of aliphatic imine (C=N–C) groups is 1. The molecule has 0 aromatic heterocycles. The zero-order valence-corrected chi connectivity index (χ0v) is 13.4. The van der Waals surface area contributed by atoms with Crippen molar-refractivity contribution >= 4 is 24.6 Å². The van der Waals surface area contributed by atoms with E-state index in [4.69, 9.17) is 0 Å². The highest BCUT2D eigenvalue weighted by atomic mass is 32.4. The second kappa shape index (κ2) is 10.4. The summed E-state index contributed by atoms with van der Waals surface area (Å²) < 4.78 is 0. The van der Waals surface area contributed by atoms with Crippen LogP contribution in [0.5, 0.6) is 0 Å². The quantitative estimate of drug-likeness (QED) is 0.306. The van der Waals surface area contributed by atoms with E-state index in [-0.39, 0.29) is 0 Å². The average Bonchev–Trinajstić information content (AvgIpc) is 2.19. The zero-order valence-electron chi connectivity index (χ0n) is 11.6. The molecule has 0 aromatic rings. The van der Waals surface area contributed by atoms with Crippen molar-refractivity contribution in [3.05, 3.63) is 0 Å². The minimum Gasteiger partial charge on any atom is -0.298 e. The van der Waals surface area contributed by atoms with Crippen LogP contribution in [0.25, 0.3) is 0 Å². The molecule has 16 heavy (non-hydrogen) atoms. The number of unbranched alkanes of at least 4 members (excludes halogenated alkanes) is 4. The first kappa shape index (κ1) is 16.2. The third-order valence-corrected chi connectivity index (χ3v) is 6.85. The van der Waals surface area contributed by atoms with Gasteiger partial charge < -0.3 is 0 Å². The van der Waals surface area contributed by atoms with Gasteiger partial charge in [0.1, 0.15) is 7.22 Å². The Morgan fingerprint density at radius 2 is 1.81 bits per heavy atom. The maximum absolute atomic E-state index is 4.43. The molecule has 0 spiro atoms. The van der Waals surface area contributed by atoms with E-state index in [1.165, 1.54) is 44.3 Å². The molecular weight excluding hydrogens is 230 g/mol. The number of nitrogens with zero attached hydrogens (tertiary/aromatic N) is 1.